The SMILES string of the molecule is C=C(CCF)CN(C)CCC. The fourth-order valence-corrected chi connectivity index (χ4v) is 1.06. The van der Waals surface area contributed by atoms with Crippen molar-refractivity contribution in [2.45, 2.75) is 19.8 Å². The van der Waals surface area contributed by atoms with Crippen molar-refractivity contribution in [1.29, 1.82) is 0 Å². The second-order valence-electron chi connectivity index (χ2n) is 2.93. The summed E-state index contributed by atoms with van der Waals surface area (Å²) in [6.07, 6.45) is 1.65. The molecule has 0 aromatic rings. The van der Waals surface area contributed by atoms with Crippen LogP contribution in [-0.4, -0.2) is 31.7 Å². The van der Waals surface area contributed by atoms with Gasteiger partial charge in [0, 0.05) is 6.54 Å². The molecule has 0 saturated heterocycles. The van der Waals surface area contributed by atoms with Crippen molar-refractivity contribution in [2.75, 3.05) is 26.8 Å². The fourth-order valence-electron chi connectivity index (χ4n) is 1.06. The molecular formula is C9H18FN. The van der Waals surface area contributed by atoms with E-state index in [1.807, 2.05) is 7.05 Å². The lowest BCUT2D eigenvalue weighted by Crippen LogP contribution is -2.21. The Kier molecular flexibility index (Phi) is 6.13. The normalized spacial score (nSPS) is 10.5. The van der Waals surface area contributed by atoms with Gasteiger partial charge in [-0.3, -0.25) is 4.39 Å². The lowest BCUT2D eigenvalue weighted by molar-refractivity contribution is 0.354. The third-order valence-electron chi connectivity index (χ3n) is 1.55. The molecule has 0 saturated carbocycles. The van der Waals surface area contributed by atoms with Crippen LogP contribution in [-0.2, 0) is 0 Å². The molecule has 11 heavy (non-hydrogen) atoms. The maximum Gasteiger partial charge on any atom is 0.0931 e. The third kappa shape index (κ3) is 6.05. The average molecular weight is 159 g/mol. The molecule has 0 rings (SSSR count). The van der Waals surface area contributed by atoms with Gasteiger partial charge in [-0.05, 0) is 26.4 Å². The van der Waals surface area contributed by atoms with Crippen molar-refractivity contribution >= 4 is 0 Å². The molecule has 0 atom stereocenters. The van der Waals surface area contributed by atoms with Crippen molar-refractivity contribution in [2.24, 2.45) is 0 Å². The Morgan fingerprint density at radius 2 is 2.18 bits per heavy atom. The summed E-state index contributed by atoms with van der Waals surface area (Å²) in [7, 11) is 2.03. The maximum atomic E-state index is 11.8. The number of halogens is 1. The molecule has 0 N–H and O–H groups in total. The molecule has 66 valence electrons. The summed E-state index contributed by atoms with van der Waals surface area (Å²) < 4.78 is 11.8. The van der Waals surface area contributed by atoms with Crippen LogP contribution in [0, 0.1) is 0 Å². The van der Waals surface area contributed by atoms with Crippen LogP contribution in [0.3, 0.4) is 0 Å². The average Bonchev–Trinajstić information content (AvgIpc) is 1.87. The van der Waals surface area contributed by atoms with Crippen LogP contribution in [0.1, 0.15) is 19.8 Å². The zero-order chi connectivity index (χ0) is 8.69. The van der Waals surface area contributed by atoms with Crippen LogP contribution >= 0.6 is 0 Å². The second kappa shape index (κ2) is 6.35. The van der Waals surface area contributed by atoms with Crippen LogP contribution in [0.15, 0.2) is 12.2 Å². The Morgan fingerprint density at radius 3 is 2.64 bits per heavy atom. The third-order valence-corrected chi connectivity index (χ3v) is 1.55. The summed E-state index contributed by atoms with van der Waals surface area (Å²) in [4.78, 5) is 2.16. The largest absolute Gasteiger partial charge is 0.302 e. The molecule has 0 radical (unpaired) electrons. The smallest absolute Gasteiger partial charge is 0.0931 e. The van der Waals surface area contributed by atoms with Crippen molar-refractivity contribution in [3.05, 3.63) is 12.2 Å². The molecule has 0 aliphatic rings. The zero-order valence-corrected chi connectivity index (χ0v) is 7.57. The zero-order valence-electron chi connectivity index (χ0n) is 7.57. The van der Waals surface area contributed by atoms with E-state index < -0.39 is 0 Å². The first-order chi connectivity index (χ1) is 5.20. The Hall–Kier alpha value is -0.370. The van der Waals surface area contributed by atoms with E-state index in [2.05, 4.69) is 18.4 Å². The minimum absolute atomic E-state index is 0.279. The number of likely N-dealkylation sites (N-methyl/N-ethyl adjacent to an activating group) is 1. The van der Waals surface area contributed by atoms with Crippen molar-refractivity contribution in [3.8, 4) is 0 Å². The maximum absolute atomic E-state index is 11.8. The summed E-state index contributed by atoms with van der Waals surface area (Å²) in [6.45, 7) is 7.53. The summed E-state index contributed by atoms with van der Waals surface area (Å²) >= 11 is 0. The summed E-state index contributed by atoms with van der Waals surface area (Å²) in [5.74, 6) is 0. The number of nitrogens with zero attached hydrogens (tertiary/aromatic N) is 1. The minimum atomic E-state index is -0.279. The molecule has 0 heterocycles. The van der Waals surface area contributed by atoms with E-state index in [4.69, 9.17) is 0 Å². The van der Waals surface area contributed by atoms with Crippen LogP contribution in [0.2, 0.25) is 0 Å². The van der Waals surface area contributed by atoms with Crippen LogP contribution in [0.5, 0.6) is 0 Å². The fraction of sp³-hybridized carbons (Fsp3) is 0.778. The van der Waals surface area contributed by atoms with E-state index in [9.17, 15) is 4.39 Å². The highest BCUT2D eigenvalue weighted by Gasteiger charge is 1.98. The molecular weight excluding hydrogens is 141 g/mol. The van der Waals surface area contributed by atoms with Gasteiger partial charge in [-0.15, -0.1) is 0 Å². The van der Waals surface area contributed by atoms with Crippen LogP contribution < -0.4 is 0 Å². The second-order valence-corrected chi connectivity index (χ2v) is 2.93. The van der Waals surface area contributed by atoms with Gasteiger partial charge in [0.2, 0.25) is 0 Å². The molecule has 2 heteroatoms. The molecule has 0 aromatic carbocycles. The first-order valence-electron chi connectivity index (χ1n) is 4.11. The number of alkyl halides is 1. The molecule has 0 spiro atoms. The van der Waals surface area contributed by atoms with Crippen molar-refractivity contribution < 1.29 is 4.39 Å². The van der Waals surface area contributed by atoms with E-state index in [1.54, 1.807) is 0 Å². The molecule has 0 aliphatic carbocycles. The van der Waals surface area contributed by atoms with Crippen LogP contribution in [0.25, 0.3) is 0 Å². The van der Waals surface area contributed by atoms with Crippen molar-refractivity contribution in [3.63, 3.8) is 0 Å². The molecule has 0 aromatic heterocycles. The van der Waals surface area contributed by atoms with Gasteiger partial charge in [0.05, 0.1) is 6.67 Å². The van der Waals surface area contributed by atoms with Gasteiger partial charge in [-0.2, -0.15) is 0 Å². The predicted molar refractivity (Wildman–Crippen MR) is 47.5 cm³/mol. The summed E-state index contributed by atoms with van der Waals surface area (Å²) in [5.41, 5.74) is 0.989. The van der Waals surface area contributed by atoms with Gasteiger partial charge >= 0.3 is 0 Å². The van der Waals surface area contributed by atoms with Gasteiger partial charge in [0.1, 0.15) is 0 Å². The highest BCUT2D eigenvalue weighted by atomic mass is 19.1. The van der Waals surface area contributed by atoms with E-state index in [1.165, 1.54) is 0 Å². The van der Waals surface area contributed by atoms with E-state index in [0.29, 0.717) is 6.42 Å². The van der Waals surface area contributed by atoms with Gasteiger partial charge in [0.25, 0.3) is 0 Å². The van der Waals surface area contributed by atoms with E-state index in [-0.39, 0.29) is 6.67 Å². The summed E-state index contributed by atoms with van der Waals surface area (Å²) in [6, 6.07) is 0. The van der Waals surface area contributed by atoms with Gasteiger partial charge in [0.15, 0.2) is 0 Å². The standard InChI is InChI=1S/C9H18FN/c1-4-7-11(3)8-9(2)5-6-10/h2,4-8H2,1,3H3. The Morgan fingerprint density at radius 1 is 1.55 bits per heavy atom. The highest BCUT2D eigenvalue weighted by Crippen LogP contribution is 2.00. The van der Waals surface area contributed by atoms with Gasteiger partial charge in [-0.1, -0.05) is 19.1 Å². The highest BCUT2D eigenvalue weighted by molar-refractivity contribution is 4.96. The van der Waals surface area contributed by atoms with Crippen molar-refractivity contribution in [1.82, 2.24) is 4.90 Å². The first kappa shape index (κ1) is 10.6. The molecule has 0 aliphatic heterocycles. The molecule has 0 fully saturated rings. The number of hydrogen-bond acceptors (Lipinski definition) is 1. The van der Waals surface area contributed by atoms with Gasteiger partial charge in [-0.25, -0.2) is 0 Å². The van der Waals surface area contributed by atoms with E-state index >= 15 is 0 Å². The number of rotatable bonds is 6. The number of hydrogen-bond donors (Lipinski definition) is 0. The van der Waals surface area contributed by atoms with Crippen LogP contribution in [0.4, 0.5) is 4.39 Å². The Balaban J connectivity index is 3.40. The van der Waals surface area contributed by atoms with Gasteiger partial charge < -0.3 is 4.90 Å². The summed E-state index contributed by atoms with van der Waals surface area (Å²) in [5, 5.41) is 0. The minimum Gasteiger partial charge on any atom is -0.302 e. The predicted octanol–water partition coefficient (Wildman–Crippen LogP) is 2.24. The lowest BCUT2D eigenvalue weighted by atomic mass is 10.2. The molecule has 1 nitrogen and oxygen atoms in total. The lowest BCUT2D eigenvalue weighted by Gasteiger charge is -2.16. The quantitative estimate of drug-likeness (QED) is 0.537. The molecule has 0 bridgehead atoms. The monoisotopic (exact) mass is 159 g/mol. The Bertz CT molecular complexity index is 112. The molecule has 0 unspecified atom stereocenters. The topological polar surface area (TPSA) is 3.24 Å². The Labute approximate surface area is 68.9 Å². The first-order valence-corrected chi connectivity index (χ1v) is 4.11. The van der Waals surface area contributed by atoms with E-state index in [0.717, 1.165) is 25.1 Å². The molecule has 0 amide bonds.